The molecule has 1 aliphatic rings. The summed E-state index contributed by atoms with van der Waals surface area (Å²) in [6, 6.07) is 17.7. The summed E-state index contributed by atoms with van der Waals surface area (Å²) in [6.07, 6.45) is 2.36. The van der Waals surface area contributed by atoms with Crippen LogP contribution in [0.25, 0.3) is 0 Å². The number of aliphatic hydroxyl groups excluding tert-OH is 1. The van der Waals surface area contributed by atoms with Crippen molar-refractivity contribution in [1.82, 2.24) is 4.90 Å². The Morgan fingerprint density at radius 3 is 2.77 bits per heavy atom. The molecule has 0 aromatic heterocycles. The fourth-order valence-corrected chi connectivity index (χ4v) is 3.61. The number of para-hydroxylation sites is 1. The van der Waals surface area contributed by atoms with Crippen molar-refractivity contribution >= 4 is 11.6 Å². The predicted molar refractivity (Wildman–Crippen MR) is 101 cm³/mol. The van der Waals surface area contributed by atoms with E-state index >= 15 is 0 Å². The third-order valence-electron chi connectivity index (χ3n) is 4.88. The second-order valence-corrected chi connectivity index (χ2v) is 6.47. The van der Waals surface area contributed by atoms with Gasteiger partial charge in [-0.3, -0.25) is 9.69 Å². The average Bonchev–Trinajstić information content (AvgIpc) is 3.09. The number of carbonyl (C=O) groups is 1. The van der Waals surface area contributed by atoms with Crippen LogP contribution >= 0.6 is 0 Å². The van der Waals surface area contributed by atoms with E-state index in [0.29, 0.717) is 30.8 Å². The van der Waals surface area contributed by atoms with Crippen molar-refractivity contribution in [2.45, 2.75) is 25.3 Å². The number of nitrogens with one attached hydrogen (secondary N) is 1. The van der Waals surface area contributed by atoms with Gasteiger partial charge in [0.1, 0.15) is 6.07 Å². The molecule has 2 aromatic carbocycles. The number of aliphatic hydroxyl groups is 1. The average molecular weight is 349 g/mol. The van der Waals surface area contributed by atoms with Gasteiger partial charge in [-0.05, 0) is 36.1 Å². The lowest BCUT2D eigenvalue weighted by molar-refractivity contribution is -0.116. The van der Waals surface area contributed by atoms with E-state index in [0.717, 1.165) is 12.8 Å². The lowest BCUT2D eigenvalue weighted by atomic mass is 10.1. The summed E-state index contributed by atoms with van der Waals surface area (Å²) in [7, 11) is 0. The van der Waals surface area contributed by atoms with Crippen molar-refractivity contribution in [3.05, 3.63) is 65.2 Å². The van der Waals surface area contributed by atoms with Crippen LogP contribution in [0.2, 0.25) is 0 Å². The van der Waals surface area contributed by atoms with Crippen LogP contribution in [0.4, 0.5) is 5.69 Å². The van der Waals surface area contributed by atoms with Crippen molar-refractivity contribution in [3.8, 4) is 6.07 Å². The second-order valence-electron chi connectivity index (χ2n) is 6.47. The first-order chi connectivity index (χ1) is 12.7. The van der Waals surface area contributed by atoms with Gasteiger partial charge in [0.25, 0.3) is 0 Å². The summed E-state index contributed by atoms with van der Waals surface area (Å²) in [5, 5.41) is 21.4. The monoisotopic (exact) mass is 349 g/mol. The van der Waals surface area contributed by atoms with Gasteiger partial charge in [0, 0.05) is 25.6 Å². The number of amides is 1. The number of hydrogen-bond acceptors (Lipinski definition) is 4. The van der Waals surface area contributed by atoms with Crippen LogP contribution in [0.1, 0.15) is 35.6 Å². The summed E-state index contributed by atoms with van der Waals surface area (Å²) in [6.45, 7) is 1.18. The highest BCUT2D eigenvalue weighted by Crippen LogP contribution is 2.35. The fraction of sp³-hybridized carbons (Fsp3) is 0.333. The Bertz CT molecular complexity index is 813. The Labute approximate surface area is 153 Å². The molecule has 5 heteroatoms. The van der Waals surface area contributed by atoms with Gasteiger partial charge in [0.05, 0.1) is 17.9 Å². The molecule has 3 rings (SSSR count). The molecule has 5 nitrogen and oxygen atoms in total. The summed E-state index contributed by atoms with van der Waals surface area (Å²) in [5.74, 6) is -0.123. The zero-order valence-electron chi connectivity index (χ0n) is 14.7. The van der Waals surface area contributed by atoms with Gasteiger partial charge >= 0.3 is 0 Å². The van der Waals surface area contributed by atoms with Gasteiger partial charge < -0.3 is 10.4 Å². The largest absolute Gasteiger partial charge is 0.395 e. The molecular weight excluding hydrogens is 326 g/mol. The SMILES string of the molecule is N#Cc1ccccc1NC(=O)CCN(CCO)C1CCc2ccccc21. The van der Waals surface area contributed by atoms with Crippen molar-refractivity contribution in [1.29, 1.82) is 5.26 Å². The van der Waals surface area contributed by atoms with Crippen LogP contribution < -0.4 is 5.32 Å². The fourth-order valence-electron chi connectivity index (χ4n) is 3.61. The van der Waals surface area contributed by atoms with Gasteiger partial charge in [-0.15, -0.1) is 0 Å². The zero-order chi connectivity index (χ0) is 18.4. The quantitative estimate of drug-likeness (QED) is 0.806. The van der Waals surface area contributed by atoms with Crippen LogP contribution in [0.3, 0.4) is 0 Å². The molecule has 0 saturated carbocycles. The van der Waals surface area contributed by atoms with Gasteiger partial charge in [0.2, 0.25) is 5.91 Å². The molecule has 2 aromatic rings. The van der Waals surface area contributed by atoms with E-state index in [1.807, 2.05) is 6.07 Å². The number of benzene rings is 2. The Balaban J connectivity index is 1.63. The van der Waals surface area contributed by atoms with Crippen molar-refractivity contribution < 1.29 is 9.90 Å². The number of fused-ring (bicyclic) bond motifs is 1. The normalized spacial score (nSPS) is 15.5. The molecule has 26 heavy (non-hydrogen) atoms. The Hall–Kier alpha value is -2.68. The van der Waals surface area contributed by atoms with Crippen molar-refractivity contribution in [2.24, 2.45) is 0 Å². The van der Waals surface area contributed by atoms with Crippen LogP contribution in [0, 0.1) is 11.3 Å². The standard InChI is InChI=1S/C21H23N3O2/c22-15-17-6-2-4-8-19(17)23-21(26)11-12-24(13-14-25)20-10-9-16-5-1-3-7-18(16)20/h1-8,20,25H,9-14H2,(H,23,26). The van der Waals surface area contributed by atoms with Gasteiger partial charge in [0.15, 0.2) is 0 Å². The highest BCUT2D eigenvalue weighted by molar-refractivity contribution is 5.92. The molecule has 1 unspecified atom stereocenters. The van der Waals surface area contributed by atoms with Gasteiger partial charge in [-0.1, -0.05) is 36.4 Å². The summed E-state index contributed by atoms with van der Waals surface area (Å²) < 4.78 is 0. The number of nitrogens with zero attached hydrogens (tertiary/aromatic N) is 2. The highest BCUT2D eigenvalue weighted by atomic mass is 16.3. The zero-order valence-corrected chi connectivity index (χ0v) is 14.7. The number of aryl methyl sites for hydroxylation is 1. The molecule has 1 atom stereocenters. The Kier molecular flexibility index (Phi) is 6.00. The first kappa shape index (κ1) is 18.1. The minimum absolute atomic E-state index is 0.0670. The van der Waals surface area contributed by atoms with E-state index in [2.05, 4.69) is 34.5 Å². The van der Waals surface area contributed by atoms with Crippen LogP contribution in [0.15, 0.2) is 48.5 Å². The van der Waals surface area contributed by atoms with Crippen molar-refractivity contribution in [2.75, 3.05) is 25.0 Å². The van der Waals surface area contributed by atoms with Gasteiger partial charge in [-0.2, -0.15) is 5.26 Å². The molecule has 0 spiro atoms. The molecule has 0 bridgehead atoms. The molecule has 0 heterocycles. The first-order valence-corrected chi connectivity index (χ1v) is 8.94. The molecule has 0 radical (unpaired) electrons. The minimum Gasteiger partial charge on any atom is -0.395 e. The van der Waals surface area contributed by atoms with E-state index in [1.165, 1.54) is 11.1 Å². The smallest absolute Gasteiger partial charge is 0.225 e. The predicted octanol–water partition coefficient (Wildman–Crippen LogP) is 2.87. The van der Waals surface area contributed by atoms with E-state index in [9.17, 15) is 9.90 Å². The maximum atomic E-state index is 12.3. The molecule has 1 amide bonds. The maximum Gasteiger partial charge on any atom is 0.225 e. The summed E-state index contributed by atoms with van der Waals surface area (Å²) in [4.78, 5) is 14.5. The molecule has 134 valence electrons. The number of rotatable bonds is 7. The molecule has 0 saturated heterocycles. The lowest BCUT2D eigenvalue weighted by Crippen LogP contribution is -2.33. The Morgan fingerprint density at radius 2 is 1.96 bits per heavy atom. The van der Waals surface area contributed by atoms with Gasteiger partial charge in [-0.25, -0.2) is 0 Å². The summed E-state index contributed by atoms with van der Waals surface area (Å²) in [5.41, 5.74) is 3.65. The van der Waals surface area contributed by atoms with Crippen LogP contribution in [0.5, 0.6) is 0 Å². The second kappa shape index (κ2) is 8.61. The number of hydrogen-bond donors (Lipinski definition) is 2. The first-order valence-electron chi connectivity index (χ1n) is 8.94. The van der Waals surface area contributed by atoms with E-state index in [4.69, 9.17) is 5.26 Å². The third kappa shape index (κ3) is 4.10. The maximum absolute atomic E-state index is 12.3. The number of nitriles is 1. The lowest BCUT2D eigenvalue weighted by Gasteiger charge is -2.28. The Morgan fingerprint density at radius 1 is 1.19 bits per heavy atom. The van der Waals surface area contributed by atoms with E-state index < -0.39 is 0 Å². The van der Waals surface area contributed by atoms with Crippen LogP contribution in [-0.2, 0) is 11.2 Å². The highest BCUT2D eigenvalue weighted by Gasteiger charge is 2.27. The topological polar surface area (TPSA) is 76.4 Å². The third-order valence-corrected chi connectivity index (χ3v) is 4.88. The van der Waals surface area contributed by atoms with E-state index in [1.54, 1.807) is 24.3 Å². The number of anilines is 1. The van der Waals surface area contributed by atoms with Crippen molar-refractivity contribution in [3.63, 3.8) is 0 Å². The minimum atomic E-state index is -0.123. The molecule has 2 N–H and O–H groups in total. The van der Waals surface area contributed by atoms with Crippen LogP contribution in [-0.4, -0.2) is 35.6 Å². The molecule has 0 fully saturated rings. The molecule has 1 aliphatic carbocycles. The molecular formula is C21H23N3O2. The summed E-state index contributed by atoms with van der Waals surface area (Å²) >= 11 is 0. The number of carbonyl (C=O) groups excluding carboxylic acids is 1. The molecule has 0 aliphatic heterocycles. The van der Waals surface area contributed by atoms with E-state index in [-0.39, 0.29) is 18.6 Å².